The summed E-state index contributed by atoms with van der Waals surface area (Å²) in [5, 5.41) is 0. The van der Waals surface area contributed by atoms with Crippen molar-refractivity contribution in [1.29, 1.82) is 0 Å². The molecule has 6 nitrogen and oxygen atoms in total. The molecular weight excluding hydrogens is 316 g/mol. The highest BCUT2D eigenvalue weighted by atomic mass is 16.5. The number of ether oxygens (including phenoxy) is 1. The van der Waals surface area contributed by atoms with Crippen molar-refractivity contribution < 1.29 is 14.4 Å². The number of rotatable bonds is 4. The minimum Gasteiger partial charge on any atom is -0.464 e. The van der Waals surface area contributed by atoms with E-state index in [0.717, 1.165) is 29.9 Å². The lowest BCUT2D eigenvalue weighted by molar-refractivity contribution is -0.905. The van der Waals surface area contributed by atoms with Crippen molar-refractivity contribution in [2.45, 2.75) is 32.7 Å². The van der Waals surface area contributed by atoms with E-state index in [1.54, 1.807) is 4.90 Å². The van der Waals surface area contributed by atoms with Gasteiger partial charge in [-0.25, -0.2) is 9.78 Å². The summed E-state index contributed by atoms with van der Waals surface area (Å²) in [7, 11) is 1.42. The van der Waals surface area contributed by atoms with Gasteiger partial charge in [0.05, 0.1) is 50.0 Å². The number of nitrogens with one attached hydrogen (secondary N) is 1. The summed E-state index contributed by atoms with van der Waals surface area (Å²) in [4.78, 5) is 18.6. The molecule has 0 saturated carbocycles. The summed E-state index contributed by atoms with van der Waals surface area (Å²) in [5.41, 5.74) is 3.36. The second kappa shape index (κ2) is 6.52. The first-order valence-electron chi connectivity index (χ1n) is 9.09. The van der Waals surface area contributed by atoms with Gasteiger partial charge in [-0.05, 0) is 38.3 Å². The number of para-hydroxylation sites is 2. The number of esters is 1. The van der Waals surface area contributed by atoms with E-state index in [0.29, 0.717) is 11.4 Å². The zero-order chi connectivity index (χ0) is 17.4. The number of nitrogens with zero attached hydrogens (tertiary/aromatic N) is 3. The third kappa shape index (κ3) is 2.70. The molecule has 0 bridgehead atoms. The summed E-state index contributed by atoms with van der Waals surface area (Å²) in [6, 6.07) is 8.18. The number of quaternary nitrogens is 1. The van der Waals surface area contributed by atoms with Crippen LogP contribution in [-0.2, 0) is 11.3 Å². The van der Waals surface area contributed by atoms with Gasteiger partial charge >= 0.3 is 5.97 Å². The molecule has 0 amide bonds. The van der Waals surface area contributed by atoms with Crippen molar-refractivity contribution in [1.82, 2.24) is 14.0 Å². The normalized spacial score (nSPS) is 15.9. The largest absolute Gasteiger partial charge is 0.464 e. The Morgan fingerprint density at radius 2 is 1.92 bits per heavy atom. The maximum atomic E-state index is 12.3. The number of carbonyl (C=O) groups is 1. The van der Waals surface area contributed by atoms with Crippen LogP contribution in [-0.4, -0.2) is 46.7 Å². The summed E-state index contributed by atoms with van der Waals surface area (Å²) in [6.07, 6.45) is 4.01. The van der Waals surface area contributed by atoms with Crippen molar-refractivity contribution in [3.63, 3.8) is 0 Å². The Morgan fingerprint density at radius 1 is 1.20 bits per heavy atom. The molecule has 132 valence electrons. The maximum absolute atomic E-state index is 12.3. The lowest BCUT2D eigenvalue weighted by Gasteiger charge is -2.23. The molecule has 1 aromatic carbocycles. The third-order valence-electron chi connectivity index (χ3n) is 5.32. The van der Waals surface area contributed by atoms with Crippen LogP contribution in [0.1, 0.15) is 35.4 Å². The Bertz CT molecular complexity index is 918. The highest BCUT2D eigenvalue weighted by Gasteiger charge is 2.23. The second-order valence-corrected chi connectivity index (χ2v) is 6.87. The molecule has 0 spiro atoms. The summed E-state index contributed by atoms with van der Waals surface area (Å²) in [6.45, 7) is 6.39. The molecule has 1 aliphatic rings. The van der Waals surface area contributed by atoms with Crippen molar-refractivity contribution in [2.24, 2.45) is 0 Å². The molecule has 1 fully saturated rings. The lowest BCUT2D eigenvalue weighted by Crippen LogP contribution is -3.13. The standard InChI is InChI=1S/C19H24N4O2/c1-14-17(18(24)25-2)23-16-9-5-4-8-15(16)22(19(23)20-14)13-12-21-10-6-3-7-11-21/h4-5,8-9H,3,6-7,10-13H2,1-2H3/p+1. The van der Waals surface area contributed by atoms with E-state index in [1.807, 2.05) is 29.5 Å². The SMILES string of the molecule is COC(=O)c1c(C)nc2n(CC[NH+]3CCCCC3)c3ccccc3n12. The first kappa shape index (κ1) is 16.1. The molecule has 2 aromatic heterocycles. The van der Waals surface area contributed by atoms with Crippen molar-refractivity contribution >= 4 is 22.8 Å². The summed E-state index contributed by atoms with van der Waals surface area (Å²) in [5.74, 6) is 0.491. The molecular formula is C19H25N4O2+. The number of methoxy groups -OCH3 is 1. The number of aromatic nitrogens is 3. The monoisotopic (exact) mass is 341 g/mol. The molecule has 3 heterocycles. The number of fused-ring (bicyclic) bond motifs is 3. The minimum absolute atomic E-state index is 0.338. The van der Waals surface area contributed by atoms with Crippen LogP contribution in [0.25, 0.3) is 16.8 Å². The molecule has 25 heavy (non-hydrogen) atoms. The third-order valence-corrected chi connectivity index (χ3v) is 5.32. The highest BCUT2D eigenvalue weighted by molar-refractivity contribution is 5.93. The molecule has 0 radical (unpaired) electrons. The van der Waals surface area contributed by atoms with Gasteiger partial charge in [0.2, 0.25) is 5.78 Å². The fourth-order valence-corrected chi connectivity index (χ4v) is 4.04. The molecule has 0 unspecified atom stereocenters. The molecule has 1 aliphatic heterocycles. The van der Waals surface area contributed by atoms with Crippen LogP contribution in [0.2, 0.25) is 0 Å². The van der Waals surface area contributed by atoms with Gasteiger partial charge in [0, 0.05) is 0 Å². The van der Waals surface area contributed by atoms with Crippen molar-refractivity contribution in [2.75, 3.05) is 26.7 Å². The first-order valence-corrected chi connectivity index (χ1v) is 9.09. The summed E-state index contributed by atoms with van der Waals surface area (Å²) >= 11 is 0. The quantitative estimate of drug-likeness (QED) is 0.731. The molecule has 4 rings (SSSR count). The smallest absolute Gasteiger partial charge is 0.357 e. The molecule has 0 atom stereocenters. The van der Waals surface area contributed by atoms with E-state index in [4.69, 9.17) is 9.72 Å². The average molecular weight is 341 g/mol. The van der Waals surface area contributed by atoms with E-state index in [-0.39, 0.29) is 5.97 Å². The lowest BCUT2D eigenvalue weighted by atomic mass is 10.1. The number of piperidine rings is 1. The van der Waals surface area contributed by atoms with Gasteiger partial charge in [0.25, 0.3) is 0 Å². The van der Waals surface area contributed by atoms with Crippen LogP contribution in [0.4, 0.5) is 0 Å². The fraction of sp³-hybridized carbons (Fsp3) is 0.474. The van der Waals surface area contributed by atoms with E-state index < -0.39 is 0 Å². The van der Waals surface area contributed by atoms with Gasteiger partial charge in [-0.1, -0.05) is 12.1 Å². The first-order chi connectivity index (χ1) is 12.2. The predicted molar refractivity (Wildman–Crippen MR) is 96.2 cm³/mol. The fourth-order valence-electron chi connectivity index (χ4n) is 4.04. The van der Waals surface area contributed by atoms with Gasteiger partial charge in [0.15, 0.2) is 5.69 Å². The number of hydrogen-bond acceptors (Lipinski definition) is 3. The molecule has 1 N–H and O–H groups in total. The average Bonchev–Trinajstić information content (AvgIpc) is 3.13. The van der Waals surface area contributed by atoms with E-state index in [9.17, 15) is 4.79 Å². The van der Waals surface area contributed by atoms with Gasteiger partial charge in [-0.15, -0.1) is 0 Å². The predicted octanol–water partition coefficient (Wildman–Crippen LogP) is 1.45. The number of imidazole rings is 2. The number of benzene rings is 1. The molecule has 1 saturated heterocycles. The number of carbonyl (C=O) groups excluding carboxylic acids is 1. The van der Waals surface area contributed by atoms with Gasteiger partial charge in [-0.3, -0.25) is 4.40 Å². The van der Waals surface area contributed by atoms with Crippen LogP contribution in [0.3, 0.4) is 0 Å². The zero-order valence-corrected chi connectivity index (χ0v) is 14.9. The van der Waals surface area contributed by atoms with Crippen LogP contribution in [0, 0.1) is 6.92 Å². The summed E-state index contributed by atoms with van der Waals surface area (Å²) < 4.78 is 9.18. The van der Waals surface area contributed by atoms with Crippen LogP contribution in [0.5, 0.6) is 0 Å². The van der Waals surface area contributed by atoms with E-state index in [1.165, 1.54) is 39.5 Å². The highest BCUT2D eigenvalue weighted by Crippen LogP contribution is 2.24. The van der Waals surface area contributed by atoms with E-state index >= 15 is 0 Å². The van der Waals surface area contributed by atoms with Crippen molar-refractivity contribution in [3.05, 3.63) is 35.7 Å². The molecule has 0 aliphatic carbocycles. The Morgan fingerprint density at radius 3 is 2.64 bits per heavy atom. The minimum atomic E-state index is -0.338. The zero-order valence-electron chi connectivity index (χ0n) is 14.9. The van der Waals surface area contributed by atoms with Gasteiger partial charge in [0.1, 0.15) is 0 Å². The topological polar surface area (TPSA) is 53.0 Å². The Labute approximate surface area is 147 Å². The molecule has 3 aromatic rings. The maximum Gasteiger partial charge on any atom is 0.357 e. The van der Waals surface area contributed by atoms with Gasteiger partial charge in [-0.2, -0.15) is 0 Å². The number of aryl methyl sites for hydroxylation is 1. The Kier molecular flexibility index (Phi) is 4.21. The van der Waals surface area contributed by atoms with E-state index in [2.05, 4.69) is 10.6 Å². The van der Waals surface area contributed by atoms with Gasteiger partial charge < -0.3 is 14.2 Å². The Balaban J connectivity index is 1.80. The molecule has 6 heteroatoms. The number of likely N-dealkylation sites (tertiary alicyclic amines) is 1. The van der Waals surface area contributed by atoms with Crippen LogP contribution >= 0.6 is 0 Å². The van der Waals surface area contributed by atoms with Crippen molar-refractivity contribution in [3.8, 4) is 0 Å². The van der Waals surface area contributed by atoms with Crippen LogP contribution in [0.15, 0.2) is 24.3 Å². The number of hydrogen-bond donors (Lipinski definition) is 1. The van der Waals surface area contributed by atoms with Crippen LogP contribution < -0.4 is 4.90 Å². The Hall–Kier alpha value is -2.34. The second-order valence-electron chi connectivity index (χ2n) is 6.87.